The van der Waals surface area contributed by atoms with Crippen molar-refractivity contribution >= 4 is 0 Å². The van der Waals surface area contributed by atoms with Gasteiger partial charge in [-0.25, -0.2) is 0 Å². The molecule has 0 aliphatic heterocycles. The van der Waals surface area contributed by atoms with Gasteiger partial charge in [0.25, 0.3) is 0 Å². The van der Waals surface area contributed by atoms with Gasteiger partial charge in [-0.15, -0.1) is 0 Å². The Hall–Kier alpha value is -0.930. The van der Waals surface area contributed by atoms with Gasteiger partial charge in [-0.1, -0.05) is 19.9 Å². The second-order valence-electron chi connectivity index (χ2n) is 6.43. The Bertz CT molecular complexity index is 383. The first kappa shape index (κ1) is 15.5. The Morgan fingerprint density at radius 3 is 2.70 bits per heavy atom. The van der Waals surface area contributed by atoms with Crippen molar-refractivity contribution in [1.29, 1.82) is 0 Å². The second-order valence-corrected chi connectivity index (χ2v) is 6.43. The van der Waals surface area contributed by atoms with Crippen molar-refractivity contribution in [3.63, 3.8) is 0 Å². The number of pyridine rings is 1. The molecule has 1 saturated carbocycles. The highest BCUT2D eigenvalue weighted by Crippen LogP contribution is 2.37. The molecule has 0 spiro atoms. The number of nitrogens with two attached hydrogens (primary N) is 1. The molecule has 1 heterocycles. The quantitative estimate of drug-likeness (QED) is 0.868. The van der Waals surface area contributed by atoms with E-state index >= 15 is 0 Å². The standard InChI is InChI=1S/C17H28N2O/c1-14(2)16-5-8-17(13-18,9-6-16)20-11-7-15-4-3-10-19-12-15/h3-4,10,12,14,16H,5-9,11,13,18H2,1-2H3. The van der Waals surface area contributed by atoms with Crippen molar-refractivity contribution in [3.05, 3.63) is 30.1 Å². The average molecular weight is 276 g/mol. The molecule has 1 aliphatic carbocycles. The van der Waals surface area contributed by atoms with Gasteiger partial charge in [0.2, 0.25) is 0 Å². The average Bonchev–Trinajstić information content (AvgIpc) is 2.49. The van der Waals surface area contributed by atoms with Crippen LogP contribution < -0.4 is 5.73 Å². The van der Waals surface area contributed by atoms with Crippen LogP contribution in [0.15, 0.2) is 24.5 Å². The summed E-state index contributed by atoms with van der Waals surface area (Å²) < 4.78 is 6.20. The Balaban J connectivity index is 1.81. The first-order chi connectivity index (χ1) is 9.65. The predicted octanol–water partition coefficient (Wildman–Crippen LogP) is 3.18. The Kier molecular flexibility index (Phi) is 5.55. The molecule has 20 heavy (non-hydrogen) atoms. The summed E-state index contributed by atoms with van der Waals surface area (Å²) in [7, 11) is 0. The fraction of sp³-hybridized carbons (Fsp3) is 0.706. The largest absolute Gasteiger partial charge is 0.373 e. The first-order valence-corrected chi connectivity index (χ1v) is 7.88. The van der Waals surface area contributed by atoms with Crippen LogP contribution in [-0.4, -0.2) is 23.7 Å². The number of nitrogens with zero attached hydrogens (tertiary/aromatic N) is 1. The van der Waals surface area contributed by atoms with Gasteiger partial charge in [-0.05, 0) is 55.6 Å². The van der Waals surface area contributed by atoms with Crippen LogP contribution in [0.1, 0.15) is 45.1 Å². The second kappa shape index (κ2) is 7.19. The molecule has 2 rings (SSSR count). The third-order valence-electron chi connectivity index (χ3n) is 4.78. The van der Waals surface area contributed by atoms with Crippen LogP contribution in [0.5, 0.6) is 0 Å². The zero-order valence-electron chi connectivity index (χ0n) is 12.8. The number of rotatable bonds is 6. The molecule has 3 nitrogen and oxygen atoms in total. The summed E-state index contributed by atoms with van der Waals surface area (Å²) in [6.07, 6.45) is 9.36. The number of hydrogen-bond donors (Lipinski definition) is 1. The van der Waals surface area contributed by atoms with E-state index < -0.39 is 0 Å². The summed E-state index contributed by atoms with van der Waals surface area (Å²) in [6, 6.07) is 4.07. The molecule has 3 heteroatoms. The lowest BCUT2D eigenvalue weighted by molar-refractivity contribution is -0.0733. The van der Waals surface area contributed by atoms with E-state index in [2.05, 4.69) is 24.9 Å². The lowest BCUT2D eigenvalue weighted by Crippen LogP contribution is -2.45. The highest BCUT2D eigenvalue weighted by Gasteiger charge is 2.35. The zero-order chi connectivity index (χ0) is 14.4. The summed E-state index contributed by atoms with van der Waals surface area (Å²) >= 11 is 0. The molecule has 0 amide bonds. The number of hydrogen-bond acceptors (Lipinski definition) is 3. The molecule has 1 aliphatic rings. The maximum Gasteiger partial charge on any atom is 0.0804 e. The molecule has 2 N–H and O–H groups in total. The minimum absolute atomic E-state index is 0.0758. The van der Waals surface area contributed by atoms with Crippen molar-refractivity contribution in [2.75, 3.05) is 13.2 Å². The van der Waals surface area contributed by atoms with E-state index in [1.807, 2.05) is 12.3 Å². The van der Waals surface area contributed by atoms with Gasteiger partial charge in [0.1, 0.15) is 0 Å². The monoisotopic (exact) mass is 276 g/mol. The molecule has 1 aromatic rings. The summed E-state index contributed by atoms with van der Waals surface area (Å²) in [4.78, 5) is 4.14. The van der Waals surface area contributed by atoms with E-state index in [0.29, 0.717) is 6.54 Å². The van der Waals surface area contributed by atoms with Gasteiger partial charge in [0.05, 0.1) is 12.2 Å². The van der Waals surface area contributed by atoms with Crippen LogP contribution in [0.2, 0.25) is 0 Å². The Morgan fingerprint density at radius 2 is 2.15 bits per heavy atom. The molecule has 0 aromatic carbocycles. The van der Waals surface area contributed by atoms with Crippen molar-refractivity contribution in [2.45, 2.75) is 51.6 Å². The third-order valence-corrected chi connectivity index (χ3v) is 4.78. The smallest absolute Gasteiger partial charge is 0.0804 e. The fourth-order valence-corrected chi connectivity index (χ4v) is 3.17. The SMILES string of the molecule is CC(C)C1CCC(CN)(OCCc2cccnc2)CC1. The lowest BCUT2D eigenvalue weighted by atomic mass is 9.74. The lowest BCUT2D eigenvalue weighted by Gasteiger charge is -2.40. The summed E-state index contributed by atoms with van der Waals surface area (Å²) in [5, 5.41) is 0. The Morgan fingerprint density at radius 1 is 1.40 bits per heavy atom. The fourth-order valence-electron chi connectivity index (χ4n) is 3.17. The normalized spacial score (nSPS) is 26.9. The molecule has 112 valence electrons. The van der Waals surface area contributed by atoms with E-state index in [0.717, 1.165) is 37.7 Å². The van der Waals surface area contributed by atoms with Crippen LogP contribution in [-0.2, 0) is 11.2 Å². The Labute approximate surface area is 122 Å². The minimum Gasteiger partial charge on any atom is -0.373 e. The molecule has 0 saturated heterocycles. The van der Waals surface area contributed by atoms with Crippen LogP contribution in [0, 0.1) is 11.8 Å². The predicted molar refractivity (Wildman–Crippen MR) is 82.5 cm³/mol. The van der Waals surface area contributed by atoms with Crippen molar-refractivity contribution < 1.29 is 4.74 Å². The van der Waals surface area contributed by atoms with Crippen LogP contribution in [0.3, 0.4) is 0 Å². The molecule has 1 aromatic heterocycles. The van der Waals surface area contributed by atoms with Crippen molar-refractivity contribution in [2.24, 2.45) is 17.6 Å². The number of aromatic nitrogens is 1. The minimum atomic E-state index is -0.0758. The van der Waals surface area contributed by atoms with E-state index in [9.17, 15) is 0 Å². The van der Waals surface area contributed by atoms with Crippen LogP contribution >= 0.6 is 0 Å². The van der Waals surface area contributed by atoms with E-state index in [1.165, 1.54) is 18.4 Å². The van der Waals surface area contributed by atoms with E-state index in [1.54, 1.807) is 6.20 Å². The molecule has 0 radical (unpaired) electrons. The van der Waals surface area contributed by atoms with E-state index in [4.69, 9.17) is 10.5 Å². The zero-order valence-corrected chi connectivity index (χ0v) is 12.8. The van der Waals surface area contributed by atoms with Crippen molar-refractivity contribution in [3.8, 4) is 0 Å². The molecule has 0 atom stereocenters. The van der Waals surface area contributed by atoms with Gasteiger partial charge in [0.15, 0.2) is 0 Å². The van der Waals surface area contributed by atoms with Gasteiger partial charge < -0.3 is 10.5 Å². The summed E-state index contributed by atoms with van der Waals surface area (Å²) in [5.41, 5.74) is 7.16. The molecule has 0 unspecified atom stereocenters. The molecule has 1 fully saturated rings. The van der Waals surface area contributed by atoms with Crippen molar-refractivity contribution in [1.82, 2.24) is 4.98 Å². The summed E-state index contributed by atoms with van der Waals surface area (Å²) in [6.45, 7) is 6.03. The molecular formula is C17H28N2O. The summed E-state index contributed by atoms with van der Waals surface area (Å²) in [5.74, 6) is 1.62. The van der Waals surface area contributed by atoms with Gasteiger partial charge >= 0.3 is 0 Å². The topological polar surface area (TPSA) is 48.1 Å². The number of ether oxygens (including phenoxy) is 1. The van der Waals surface area contributed by atoms with Gasteiger partial charge in [-0.3, -0.25) is 4.98 Å². The highest BCUT2D eigenvalue weighted by molar-refractivity contribution is 5.08. The molecular weight excluding hydrogens is 248 g/mol. The van der Waals surface area contributed by atoms with Crippen LogP contribution in [0.25, 0.3) is 0 Å². The highest BCUT2D eigenvalue weighted by atomic mass is 16.5. The van der Waals surface area contributed by atoms with E-state index in [-0.39, 0.29) is 5.60 Å². The third kappa shape index (κ3) is 4.03. The maximum atomic E-state index is 6.20. The molecule has 0 bridgehead atoms. The van der Waals surface area contributed by atoms with Gasteiger partial charge in [0, 0.05) is 18.9 Å². The first-order valence-electron chi connectivity index (χ1n) is 7.88. The van der Waals surface area contributed by atoms with Gasteiger partial charge in [-0.2, -0.15) is 0 Å². The van der Waals surface area contributed by atoms with Crippen LogP contribution in [0.4, 0.5) is 0 Å². The maximum absolute atomic E-state index is 6.20.